The Balaban J connectivity index is 3.32. The van der Waals surface area contributed by atoms with E-state index in [2.05, 4.69) is 13.5 Å². The molecule has 0 aromatic carbocycles. The monoisotopic (exact) mass is 140 g/mol. The summed E-state index contributed by atoms with van der Waals surface area (Å²) >= 11 is 0. The molecule has 0 aromatic rings. The molecule has 0 spiro atoms. The minimum absolute atomic E-state index is 0.918. The third-order valence-corrected chi connectivity index (χ3v) is 1.18. The van der Waals surface area contributed by atoms with Crippen molar-refractivity contribution in [1.82, 2.24) is 5.01 Å². The first-order valence-corrected chi connectivity index (χ1v) is 3.61. The highest BCUT2D eigenvalue weighted by atomic mass is 15.4. The van der Waals surface area contributed by atoms with Crippen molar-refractivity contribution in [2.75, 3.05) is 6.54 Å². The first-order valence-electron chi connectivity index (χ1n) is 3.61. The summed E-state index contributed by atoms with van der Waals surface area (Å²) in [6, 6.07) is 0. The Morgan fingerprint density at radius 3 is 2.80 bits per heavy atom. The van der Waals surface area contributed by atoms with E-state index in [1.807, 2.05) is 12.3 Å². The Kier molecular flexibility index (Phi) is 5.88. The molecule has 58 valence electrons. The SMILES string of the molecule is C=C/C=C\N(N)CCCC. The van der Waals surface area contributed by atoms with Crippen molar-refractivity contribution in [3.8, 4) is 0 Å². The molecular formula is C8H16N2. The van der Waals surface area contributed by atoms with Crippen LogP contribution in [0.3, 0.4) is 0 Å². The average Bonchev–Trinajstić information content (AvgIpc) is 1.97. The van der Waals surface area contributed by atoms with E-state index in [1.165, 1.54) is 6.42 Å². The summed E-state index contributed by atoms with van der Waals surface area (Å²) < 4.78 is 0. The van der Waals surface area contributed by atoms with Crippen molar-refractivity contribution in [2.45, 2.75) is 19.8 Å². The van der Waals surface area contributed by atoms with Crippen molar-refractivity contribution in [3.05, 3.63) is 24.9 Å². The number of hydrogen-bond acceptors (Lipinski definition) is 2. The third kappa shape index (κ3) is 5.38. The van der Waals surface area contributed by atoms with Crippen LogP contribution in [0.25, 0.3) is 0 Å². The number of unbranched alkanes of at least 4 members (excludes halogenated alkanes) is 1. The fourth-order valence-corrected chi connectivity index (χ4v) is 0.587. The molecule has 0 amide bonds. The van der Waals surface area contributed by atoms with E-state index in [1.54, 1.807) is 11.1 Å². The maximum atomic E-state index is 5.54. The summed E-state index contributed by atoms with van der Waals surface area (Å²) in [5.74, 6) is 5.54. The summed E-state index contributed by atoms with van der Waals surface area (Å²) in [5, 5.41) is 1.67. The Labute approximate surface area is 63.0 Å². The lowest BCUT2D eigenvalue weighted by atomic mass is 10.3. The number of nitrogens with zero attached hydrogens (tertiary/aromatic N) is 1. The van der Waals surface area contributed by atoms with Gasteiger partial charge in [0.1, 0.15) is 0 Å². The van der Waals surface area contributed by atoms with E-state index in [4.69, 9.17) is 5.84 Å². The van der Waals surface area contributed by atoms with Crippen molar-refractivity contribution >= 4 is 0 Å². The Morgan fingerprint density at radius 2 is 2.30 bits per heavy atom. The van der Waals surface area contributed by atoms with Gasteiger partial charge in [-0.25, -0.2) is 5.84 Å². The van der Waals surface area contributed by atoms with Crippen LogP contribution in [0.2, 0.25) is 0 Å². The number of hydrazine groups is 1. The first kappa shape index (κ1) is 9.24. The summed E-state index contributed by atoms with van der Waals surface area (Å²) in [6.45, 7) is 6.61. The lowest BCUT2D eigenvalue weighted by Crippen LogP contribution is -2.25. The molecule has 0 saturated carbocycles. The van der Waals surface area contributed by atoms with E-state index in [9.17, 15) is 0 Å². The van der Waals surface area contributed by atoms with E-state index >= 15 is 0 Å². The first-order chi connectivity index (χ1) is 4.81. The molecule has 0 saturated heterocycles. The topological polar surface area (TPSA) is 29.3 Å². The van der Waals surface area contributed by atoms with Gasteiger partial charge >= 0.3 is 0 Å². The van der Waals surface area contributed by atoms with Gasteiger partial charge in [-0.15, -0.1) is 0 Å². The van der Waals surface area contributed by atoms with E-state index < -0.39 is 0 Å². The van der Waals surface area contributed by atoms with Crippen LogP contribution in [-0.4, -0.2) is 11.6 Å². The highest BCUT2D eigenvalue weighted by molar-refractivity contribution is 4.95. The largest absolute Gasteiger partial charge is 0.318 e. The van der Waals surface area contributed by atoms with E-state index in [0.717, 1.165) is 13.0 Å². The molecule has 0 heterocycles. The number of allylic oxidation sites excluding steroid dienone is 2. The van der Waals surface area contributed by atoms with Crippen LogP contribution >= 0.6 is 0 Å². The lowest BCUT2D eigenvalue weighted by Gasteiger charge is -2.11. The molecule has 0 fully saturated rings. The second kappa shape index (κ2) is 6.36. The van der Waals surface area contributed by atoms with Gasteiger partial charge in [-0.2, -0.15) is 0 Å². The highest BCUT2D eigenvalue weighted by Gasteiger charge is 1.87. The van der Waals surface area contributed by atoms with Crippen LogP contribution < -0.4 is 5.84 Å². The average molecular weight is 140 g/mol. The van der Waals surface area contributed by atoms with Crippen molar-refractivity contribution < 1.29 is 0 Å². The molecule has 0 aliphatic rings. The zero-order chi connectivity index (χ0) is 7.82. The zero-order valence-electron chi connectivity index (χ0n) is 6.59. The van der Waals surface area contributed by atoms with Crippen LogP contribution in [-0.2, 0) is 0 Å². The van der Waals surface area contributed by atoms with Gasteiger partial charge in [-0.05, 0) is 12.5 Å². The second-order valence-corrected chi connectivity index (χ2v) is 2.17. The van der Waals surface area contributed by atoms with Crippen LogP contribution in [0, 0.1) is 0 Å². The maximum absolute atomic E-state index is 5.54. The molecule has 0 bridgehead atoms. The smallest absolute Gasteiger partial charge is 0.0335 e. The minimum atomic E-state index is 0.918. The van der Waals surface area contributed by atoms with Crippen LogP contribution in [0.5, 0.6) is 0 Å². The highest BCUT2D eigenvalue weighted by Crippen LogP contribution is 1.89. The molecule has 2 N–H and O–H groups in total. The zero-order valence-corrected chi connectivity index (χ0v) is 6.59. The fraction of sp³-hybridized carbons (Fsp3) is 0.500. The summed E-state index contributed by atoms with van der Waals surface area (Å²) in [5.41, 5.74) is 0. The molecule has 0 atom stereocenters. The number of nitrogens with two attached hydrogens (primary N) is 1. The molecular weight excluding hydrogens is 124 g/mol. The molecule has 0 aliphatic heterocycles. The molecule has 10 heavy (non-hydrogen) atoms. The third-order valence-electron chi connectivity index (χ3n) is 1.18. The lowest BCUT2D eigenvalue weighted by molar-refractivity contribution is 0.384. The maximum Gasteiger partial charge on any atom is 0.0335 e. The van der Waals surface area contributed by atoms with Crippen molar-refractivity contribution in [3.63, 3.8) is 0 Å². The summed E-state index contributed by atoms with van der Waals surface area (Å²) in [7, 11) is 0. The molecule has 0 radical (unpaired) electrons. The molecule has 0 rings (SSSR count). The molecule has 0 unspecified atom stereocenters. The Bertz CT molecular complexity index is 108. The quantitative estimate of drug-likeness (QED) is 0.357. The predicted molar refractivity (Wildman–Crippen MR) is 45.1 cm³/mol. The van der Waals surface area contributed by atoms with Gasteiger partial charge in [0, 0.05) is 12.7 Å². The van der Waals surface area contributed by atoms with E-state index in [0.29, 0.717) is 0 Å². The van der Waals surface area contributed by atoms with Gasteiger partial charge < -0.3 is 5.01 Å². The van der Waals surface area contributed by atoms with Crippen molar-refractivity contribution in [1.29, 1.82) is 0 Å². The van der Waals surface area contributed by atoms with Gasteiger partial charge in [0.15, 0.2) is 0 Å². The van der Waals surface area contributed by atoms with Gasteiger partial charge in [0.2, 0.25) is 0 Å². The standard InChI is InChI=1S/C8H16N2/c1-3-5-7-10(9)8-6-4-2/h3,5,7H,1,4,6,8-9H2,2H3/b7-5-. The summed E-state index contributed by atoms with van der Waals surface area (Å²) in [4.78, 5) is 0. The van der Waals surface area contributed by atoms with Crippen LogP contribution in [0.4, 0.5) is 0 Å². The predicted octanol–water partition coefficient (Wildman–Crippen LogP) is 1.66. The number of rotatable bonds is 5. The molecule has 2 nitrogen and oxygen atoms in total. The minimum Gasteiger partial charge on any atom is -0.318 e. The fourth-order valence-electron chi connectivity index (χ4n) is 0.587. The van der Waals surface area contributed by atoms with Gasteiger partial charge in [0.05, 0.1) is 0 Å². The van der Waals surface area contributed by atoms with Gasteiger partial charge in [-0.3, -0.25) is 0 Å². The summed E-state index contributed by atoms with van der Waals surface area (Å²) in [6.07, 6.45) is 7.68. The normalized spacial score (nSPS) is 10.2. The van der Waals surface area contributed by atoms with Gasteiger partial charge in [-0.1, -0.05) is 26.0 Å². The van der Waals surface area contributed by atoms with Gasteiger partial charge in [0.25, 0.3) is 0 Å². The Morgan fingerprint density at radius 1 is 1.60 bits per heavy atom. The van der Waals surface area contributed by atoms with Crippen LogP contribution in [0.1, 0.15) is 19.8 Å². The van der Waals surface area contributed by atoms with Crippen molar-refractivity contribution in [2.24, 2.45) is 5.84 Å². The Hall–Kier alpha value is -0.760. The van der Waals surface area contributed by atoms with Crippen LogP contribution in [0.15, 0.2) is 24.9 Å². The second-order valence-electron chi connectivity index (χ2n) is 2.17. The molecule has 0 aromatic heterocycles. The molecule has 2 heteroatoms. The van der Waals surface area contributed by atoms with E-state index in [-0.39, 0.29) is 0 Å². The number of hydrogen-bond donors (Lipinski definition) is 1. The molecule has 0 aliphatic carbocycles.